The van der Waals surface area contributed by atoms with Crippen LogP contribution in [-0.2, 0) is 16.6 Å². The Morgan fingerprint density at radius 2 is 1.79 bits per heavy atom. The molecule has 2 heterocycles. The SMILES string of the molecule is O=S(=O)(Nc1nn(Cc2c(F)cccc2Cl)cc1Cl)c1cccc2cccnc12. The van der Waals surface area contributed by atoms with Gasteiger partial charge < -0.3 is 0 Å². The highest BCUT2D eigenvalue weighted by Gasteiger charge is 2.21. The summed E-state index contributed by atoms with van der Waals surface area (Å²) < 4.78 is 43.5. The monoisotopic (exact) mass is 450 g/mol. The normalized spacial score (nSPS) is 11.7. The summed E-state index contributed by atoms with van der Waals surface area (Å²) in [5.41, 5.74) is 0.553. The zero-order chi connectivity index (χ0) is 20.6. The van der Waals surface area contributed by atoms with Crippen LogP contribution in [0.5, 0.6) is 0 Å². The van der Waals surface area contributed by atoms with Crippen molar-refractivity contribution in [2.45, 2.75) is 11.4 Å². The highest BCUT2D eigenvalue weighted by atomic mass is 35.5. The second-order valence-corrected chi connectivity index (χ2v) is 8.63. The van der Waals surface area contributed by atoms with E-state index in [1.165, 1.54) is 35.3 Å². The number of aromatic nitrogens is 3. The quantitative estimate of drug-likeness (QED) is 0.476. The number of pyridine rings is 1. The third-order valence-corrected chi connectivity index (χ3v) is 6.22. The molecule has 0 spiro atoms. The molecule has 0 saturated carbocycles. The number of nitrogens with one attached hydrogen (secondary N) is 1. The molecule has 2 aromatic carbocycles. The minimum Gasteiger partial charge on any atom is -0.264 e. The summed E-state index contributed by atoms with van der Waals surface area (Å²) in [6.07, 6.45) is 2.91. The lowest BCUT2D eigenvalue weighted by atomic mass is 10.2. The predicted octanol–water partition coefficient (Wildman–Crippen LogP) is 4.73. The molecular weight excluding hydrogens is 438 g/mol. The molecule has 0 aliphatic rings. The first-order valence-corrected chi connectivity index (χ1v) is 10.6. The summed E-state index contributed by atoms with van der Waals surface area (Å²) >= 11 is 12.2. The first-order chi connectivity index (χ1) is 13.8. The van der Waals surface area contributed by atoms with Crippen LogP contribution in [0.4, 0.5) is 10.2 Å². The van der Waals surface area contributed by atoms with Gasteiger partial charge in [0.1, 0.15) is 15.7 Å². The maximum absolute atomic E-state index is 14.0. The maximum Gasteiger partial charge on any atom is 0.265 e. The Morgan fingerprint density at radius 1 is 1.03 bits per heavy atom. The van der Waals surface area contributed by atoms with Crippen LogP contribution in [0, 0.1) is 5.82 Å². The zero-order valence-electron chi connectivity index (χ0n) is 14.7. The molecule has 10 heteroatoms. The van der Waals surface area contributed by atoms with Crippen LogP contribution in [0.15, 0.2) is 65.8 Å². The maximum atomic E-state index is 14.0. The second-order valence-electron chi connectivity index (χ2n) is 6.16. The molecule has 0 aliphatic carbocycles. The van der Waals surface area contributed by atoms with E-state index in [0.717, 1.165) is 0 Å². The van der Waals surface area contributed by atoms with E-state index in [2.05, 4.69) is 14.8 Å². The summed E-state index contributed by atoms with van der Waals surface area (Å²) in [6.45, 7) is -0.0111. The van der Waals surface area contributed by atoms with E-state index >= 15 is 0 Å². The second kappa shape index (κ2) is 7.62. The van der Waals surface area contributed by atoms with E-state index < -0.39 is 15.8 Å². The van der Waals surface area contributed by atoms with Gasteiger partial charge in [-0.2, -0.15) is 5.10 Å². The third-order valence-electron chi connectivity index (χ3n) is 4.22. The fraction of sp³-hybridized carbons (Fsp3) is 0.0526. The standard InChI is InChI=1S/C19H13Cl2FN4O2S/c20-14-6-2-7-16(22)13(14)10-26-11-15(21)19(24-26)25-29(27,28)17-8-1-4-12-5-3-9-23-18(12)17/h1-9,11H,10H2,(H,24,25). The Morgan fingerprint density at radius 3 is 2.59 bits per heavy atom. The van der Waals surface area contributed by atoms with Crippen LogP contribution < -0.4 is 4.72 Å². The largest absolute Gasteiger partial charge is 0.265 e. The molecule has 4 aromatic rings. The van der Waals surface area contributed by atoms with E-state index in [0.29, 0.717) is 10.9 Å². The van der Waals surface area contributed by atoms with Crippen molar-refractivity contribution in [1.29, 1.82) is 0 Å². The molecule has 0 saturated heterocycles. The number of hydrogen-bond donors (Lipinski definition) is 1. The third kappa shape index (κ3) is 3.91. The lowest BCUT2D eigenvalue weighted by molar-refractivity contribution is 0.585. The molecule has 1 N–H and O–H groups in total. The van der Waals surface area contributed by atoms with E-state index in [-0.39, 0.29) is 32.9 Å². The molecule has 0 unspecified atom stereocenters. The molecule has 0 radical (unpaired) electrons. The van der Waals surface area contributed by atoms with Crippen LogP contribution in [0.25, 0.3) is 10.9 Å². The van der Waals surface area contributed by atoms with E-state index in [1.807, 2.05) is 0 Å². The number of hydrogen-bond acceptors (Lipinski definition) is 4. The number of benzene rings is 2. The highest BCUT2D eigenvalue weighted by molar-refractivity contribution is 7.93. The molecule has 2 aromatic heterocycles. The van der Waals surface area contributed by atoms with Crippen molar-refractivity contribution >= 4 is 49.9 Å². The van der Waals surface area contributed by atoms with Crippen LogP contribution >= 0.6 is 23.2 Å². The highest BCUT2D eigenvalue weighted by Crippen LogP contribution is 2.27. The number of halogens is 3. The molecule has 0 fully saturated rings. The summed E-state index contributed by atoms with van der Waals surface area (Å²) in [5.74, 6) is -0.569. The molecule has 0 atom stereocenters. The van der Waals surface area contributed by atoms with Gasteiger partial charge in [-0.15, -0.1) is 0 Å². The number of nitrogens with zero attached hydrogens (tertiary/aromatic N) is 3. The van der Waals surface area contributed by atoms with Gasteiger partial charge in [0.15, 0.2) is 5.82 Å². The number of sulfonamides is 1. The van der Waals surface area contributed by atoms with Gasteiger partial charge in [-0.3, -0.25) is 14.4 Å². The van der Waals surface area contributed by atoms with E-state index in [1.54, 1.807) is 30.3 Å². The van der Waals surface area contributed by atoms with Crippen molar-refractivity contribution in [1.82, 2.24) is 14.8 Å². The average Bonchev–Trinajstić information content (AvgIpc) is 3.03. The predicted molar refractivity (Wildman–Crippen MR) is 110 cm³/mol. The summed E-state index contributed by atoms with van der Waals surface area (Å²) in [6, 6.07) is 12.7. The van der Waals surface area contributed by atoms with Crippen LogP contribution in [0.2, 0.25) is 10.0 Å². The average molecular weight is 451 g/mol. The topological polar surface area (TPSA) is 76.9 Å². The molecular formula is C19H13Cl2FN4O2S. The molecule has 29 heavy (non-hydrogen) atoms. The Kier molecular flexibility index (Phi) is 5.16. The Bertz CT molecular complexity index is 1300. The first-order valence-electron chi connectivity index (χ1n) is 8.37. The fourth-order valence-corrected chi connectivity index (χ4v) is 4.54. The molecule has 0 amide bonds. The van der Waals surface area contributed by atoms with Gasteiger partial charge in [-0.25, -0.2) is 12.8 Å². The minimum atomic E-state index is -4.01. The number of para-hydroxylation sites is 1. The molecule has 0 bridgehead atoms. The van der Waals surface area contributed by atoms with Gasteiger partial charge in [0.2, 0.25) is 0 Å². The Balaban J connectivity index is 1.66. The molecule has 4 rings (SSSR count). The molecule has 0 aliphatic heterocycles. The summed E-state index contributed by atoms with van der Waals surface area (Å²) in [7, 11) is -4.01. The Labute approximate surface area is 176 Å². The van der Waals surface area contributed by atoms with Crippen molar-refractivity contribution < 1.29 is 12.8 Å². The fourth-order valence-electron chi connectivity index (χ4n) is 2.87. The van der Waals surface area contributed by atoms with Gasteiger partial charge in [-0.05, 0) is 24.3 Å². The minimum absolute atomic E-state index is 0.00151. The van der Waals surface area contributed by atoms with E-state index in [4.69, 9.17) is 23.2 Å². The summed E-state index contributed by atoms with van der Waals surface area (Å²) in [5, 5.41) is 5.11. The number of rotatable bonds is 5. The van der Waals surface area contributed by atoms with Gasteiger partial charge in [0.25, 0.3) is 10.0 Å². The lowest BCUT2D eigenvalue weighted by Crippen LogP contribution is -2.15. The van der Waals surface area contributed by atoms with Crippen LogP contribution in [-0.4, -0.2) is 23.2 Å². The van der Waals surface area contributed by atoms with Gasteiger partial charge in [0.05, 0.1) is 12.1 Å². The molecule has 148 valence electrons. The molecule has 6 nitrogen and oxygen atoms in total. The van der Waals surface area contributed by atoms with Gasteiger partial charge in [-0.1, -0.05) is 47.5 Å². The first kappa shape index (κ1) is 19.6. The van der Waals surface area contributed by atoms with Crippen LogP contribution in [0.1, 0.15) is 5.56 Å². The van der Waals surface area contributed by atoms with Crippen LogP contribution in [0.3, 0.4) is 0 Å². The smallest absolute Gasteiger partial charge is 0.264 e. The lowest BCUT2D eigenvalue weighted by Gasteiger charge is -2.09. The van der Waals surface area contributed by atoms with Gasteiger partial charge >= 0.3 is 0 Å². The van der Waals surface area contributed by atoms with Gasteiger partial charge in [0, 0.05) is 28.4 Å². The van der Waals surface area contributed by atoms with Crippen molar-refractivity contribution in [3.63, 3.8) is 0 Å². The van der Waals surface area contributed by atoms with Crippen molar-refractivity contribution in [2.24, 2.45) is 0 Å². The van der Waals surface area contributed by atoms with Crippen molar-refractivity contribution in [3.8, 4) is 0 Å². The number of fused-ring (bicyclic) bond motifs is 1. The van der Waals surface area contributed by atoms with E-state index in [9.17, 15) is 12.8 Å². The zero-order valence-corrected chi connectivity index (χ0v) is 17.0. The van der Waals surface area contributed by atoms with Crippen molar-refractivity contribution in [2.75, 3.05) is 4.72 Å². The van der Waals surface area contributed by atoms with Crippen molar-refractivity contribution in [3.05, 3.63) is 82.4 Å². The number of anilines is 1. The Hall–Kier alpha value is -2.68. The summed E-state index contributed by atoms with van der Waals surface area (Å²) in [4.78, 5) is 4.16.